The third-order valence-electron chi connectivity index (χ3n) is 2.43. The van der Waals surface area contributed by atoms with E-state index in [0.29, 0.717) is 5.82 Å². The summed E-state index contributed by atoms with van der Waals surface area (Å²) < 4.78 is 7.03. The fraction of sp³-hybridized carbons (Fsp3) is 0.800. The topological polar surface area (TPSA) is 69.9 Å². The predicted octanol–water partition coefficient (Wildman–Crippen LogP) is 0.892. The van der Waals surface area contributed by atoms with Crippen molar-refractivity contribution in [3.63, 3.8) is 0 Å². The molecule has 1 aromatic heterocycles. The summed E-state index contributed by atoms with van der Waals surface area (Å²) in [5.41, 5.74) is -0.465. The number of aryl methyl sites for hydroxylation is 1. The Morgan fingerprint density at radius 3 is 2.94 bits per heavy atom. The molecule has 6 heteroatoms. The van der Waals surface area contributed by atoms with Crippen LogP contribution >= 0.6 is 0 Å². The summed E-state index contributed by atoms with van der Waals surface area (Å²) in [4.78, 5) is 11.9. The van der Waals surface area contributed by atoms with Crippen molar-refractivity contribution < 1.29 is 9.53 Å². The SMILES string of the molecule is CC(C)(C)OC(=O)C1CCCn2nnnc21. The number of aromatic nitrogens is 4. The van der Waals surface area contributed by atoms with E-state index in [1.165, 1.54) is 0 Å². The van der Waals surface area contributed by atoms with Crippen LogP contribution in [0.1, 0.15) is 45.4 Å². The lowest BCUT2D eigenvalue weighted by atomic mass is 9.99. The van der Waals surface area contributed by atoms with Gasteiger partial charge in [0, 0.05) is 6.54 Å². The summed E-state index contributed by atoms with van der Waals surface area (Å²) in [6.07, 6.45) is 1.66. The minimum absolute atomic E-state index is 0.233. The van der Waals surface area contributed by atoms with Gasteiger partial charge in [0.15, 0.2) is 5.82 Å². The van der Waals surface area contributed by atoms with Gasteiger partial charge in [-0.1, -0.05) is 0 Å². The molecule has 0 bridgehead atoms. The van der Waals surface area contributed by atoms with Crippen LogP contribution in [-0.2, 0) is 16.1 Å². The first-order valence-electron chi connectivity index (χ1n) is 5.46. The maximum Gasteiger partial charge on any atom is 0.317 e. The zero-order chi connectivity index (χ0) is 11.8. The molecule has 1 atom stereocenters. The minimum Gasteiger partial charge on any atom is -0.459 e. The summed E-state index contributed by atoms with van der Waals surface area (Å²) in [7, 11) is 0. The van der Waals surface area contributed by atoms with Gasteiger partial charge >= 0.3 is 5.97 Å². The second-order valence-electron chi connectivity index (χ2n) is 4.99. The lowest BCUT2D eigenvalue weighted by Gasteiger charge is -2.25. The first-order chi connectivity index (χ1) is 7.47. The van der Waals surface area contributed by atoms with Gasteiger partial charge in [0.05, 0.1) is 0 Å². The van der Waals surface area contributed by atoms with Crippen LogP contribution in [0.2, 0.25) is 0 Å². The second kappa shape index (κ2) is 3.84. The van der Waals surface area contributed by atoms with Gasteiger partial charge in [-0.2, -0.15) is 0 Å². The number of esters is 1. The van der Waals surface area contributed by atoms with E-state index in [2.05, 4.69) is 15.5 Å². The molecule has 0 spiro atoms. The van der Waals surface area contributed by atoms with Crippen molar-refractivity contribution in [1.29, 1.82) is 0 Å². The molecule has 16 heavy (non-hydrogen) atoms. The van der Waals surface area contributed by atoms with Gasteiger partial charge < -0.3 is 4.74 Å². The van der Waals surface area contributed by atoms with E-state index in [4.69, 9.17) is 4.74 Å². The van der Waals surface area contributed by atoms with E-state index < -0.39 is 5.60 Å². The molecule has 0 amide bonds. The average Bonchev–Trinajstić information content (AvgIpc) is 2.61. The molecule has 0 saturated carbocycles. The Labute approximate surface area is 94.0 Å². The molecule has 6 nitrogen and oxygen atoms in total. The van der Waals surface area contributed by atoms with Crippen LogP contribution in [0.5, 0.6) is 0 Å². The van der Waals surface area contributed by atoms with Crippen molar-refractivity contribution in [3.8, 4) is 0 Å². The number of hydrogen-bond acceptors (Lipinski definition) is 5. The van der Waals surface area contributed by atoms with Gasteiger partial charge in [0.2, 0.25) is 0 Å². The van der Waals surface area contributed by atoms with Crippen LogP contribution in [0.25, 0.3) is 0 Å². The number of tetrazole rings is 1. The number of fused-ring (bicyclic) bond motifs is 1. The largest absolute Gasteiger partial charge is 0.459 e. The molecular weight excluding hydrogens is 208 g/mol. The van der Waals surface area contributed by atoms with Crippen LogP contribution in [-0.4, -0.2) is 31.8 Å². The third-order valence-corrected chi connectivity index (χ3v) is 2.43. The molecule has 2 rings (SSSR count). The van der Waals surface area contributed by atoms with Gasteiger partial charge in [0.25, 0.3) is 0 Å². The molecule has 0 fully saturated rings. The van der Waals surface area contributed by atoms with Gasteiger partial charge in [-0.05, 0) is 44.0 Å². The highest BCUT2D eigenvalue weighted by Crippen LogP contribution is 2.27. The predicted molar refractivity (Wildman–Crippen MR) is 55.6 cm³/mol. The molecule has 1 aliphatic heterocycles. The Morgan fingerprint density at radius 1 is 1.50 bits per heavy atom. The van der Waals surface area contributed by atoms with Crippen molar-refractivity contribution in [2.45, 2.75) is 51.7 Å². The van der Waals surface area contributed by atoms with Crippen LogP contribution < -0.4 is 0 Å². The molecule has 0 N–H and O–H groups in total. The van der Waals surface area contributed by atoms with Gasteiger partial charge in [-0.25, -0.2) is 4.68 Å². The van der Waals surface area contributed by atoms with Crippen LogP contribution in [0, 0.1) is 0 Å². The summed E-state index contributed by atoms with van der Waals surface area (Å²) in [6.45, 7) is 6.35. The van der Waals surface area contributed by atoms with Gasteiger partial charge in [-0.15, -0.1) is 5.10 Å². The summed E-state index contributed by atoms with van der Waals surface area (Å²) in [6, 6.07) is 0. The molecule has 1 unspecified atom stereocenters. The van der Waals surface area contributed by atoms with E-state index in [-0.39, 0.29) is 11.9 Å². The highest BCUT2D eigenvalue weighted by molar-refractivity contribution is 5.77. The number of carbonyl (C=O) groups excluding carboxylic acids is 1. The highest BCUT2D eigenvalue weighted by Gasteiger charge is 2.33. The van der Waals surface area contributed by atoms with Crippen LogP contribution in [0.3, 0.4) is 0 Å². The van der Waals surface area contributed by atoms with E-state index >= 15 is 0 Å². The van der Waals surface area contributed by atoms with Crippen molar-refractivity contribution in [3.05, 3.63) is 5.82 Å². The van der Waals surface area contributed by atoms with Crippen molar-refractivity contribution in [1.82, 2.24) is 20.2 Å². The van der Waals surface area contributed by atoms with Crippen molar-refractivity contribution in [2.75, 3.05) is 0 Å². The van der Waals surface area contributed by atoms with Crippen molar-refractivity contribution in [2.24, 2.45) is 0 Å². The smallest absolute Gasteiger partial charge is 0.317 e. The Bertz CT molecular complexity index is 394. The molecule has 2 heterocycles. The molecule has 1 aliphatic rings. The molecule has 0 radical (unpaired) electrons. The number of rotatable bonds is 1. The quantitative estimate of drug-likeness (QED) is 0.662. The molecule has 0 saturated heterocycles. The summed E-state index contributed by atoms with van der Waals surface area (Å²) in [5, 5.41) is 11.3. The second-order valence-corrected chi connectivity index (χ2v) is 4.99. The number of carbonyl (C=O) groups is 1. The Morgan fingerprint density at radius 2 is 2.25 bits per heavy atom. The monoisotopic (exact) mass is 224 g/mol. The van der Waals surface area contributed by atoms with E-state index in [1.54, 1.807) is 4.68 Å². The molecular formula is C10H16N4O2. The minimum atomic E-state index is -0.465. The van der Waals surface area contributed by atoms with E-state index in [9.17, 15) is 4.79 Å². The lowest BCUT2D eigenvalue weighted by molar-refractivity contribution is -0.157. The standard InChI is InChI=1S/C10H16N4O2/c1-10(2,3)16-9(15)7-5-4-6-14-8(7)11-12-13-14/h7H,4-6H2,1-3H3. The Kier molecular flexibility index (Phi) is 2.65. The lowest BCUT2D eigenvalue weighted by Crippen LogP contribution is -2.31. The normalized spacial score (nSPS) is 20.3. The van der Waals surface area contributed by atoms with Crippen LogP contribution in [0.4, 0.5) is 0 Å². The van der Waals surface area contributed by atoms with Crippen LogP contribution in [0.15, 0.2) is 0 Å². The first-order valence-corrected chi connectivity index (χ1v) is 5.46. The summed E-state index contributed by atoms with van der Waals surface area (Å²) >= 11 is 0. The third kappa shape index (κ3) is 2.20. The fourth-order valence-electron chi connectivity index (χ4n) is 1.79. The maximum absolute atomic E-state index is 11.9. The molecule has 0 aromatic carbocycles. The number of nitrogens with zero attached hydrogens (tertiary/aromatic N) is 4. The molecule has 1 aromatic rings. The number of hydrogen-bond donors (Lipinski definition) is 0. The summed E-state index contributed by atoms with van der Waals surface area (Å²) in [5.74, 6) is 0.0757. The Balaban J connectivity index is 2.15. The first kappa shape index (κ1) is 11.0. The highest BCUT2D eigenvalue weighted by atomic mass is 16.6. The Hall–Kier alpha value is -1.46. The van der Waals surface area contributed by atoms with Crippen molar-refractivity contribution >= 4 is 5.97 Å². The van der Waals surface area contributed by atoms with E-state index in [0.717, 1.165) is 19.4 Å². The average molecular weight is 224 g/mol. The molecule has 0 aliphatic carbocycles. The van der Waals surface area contributed by atoms with Gasteiger partial charge in [0.1, 0.15) is 11.5 Å². The fourth-order valence-corrected chi connectivity index (χ4v) is 1.79. The zero-order valence-corrected chi connectivity index (χ0v) is 9.80. The number of ether oxygens (including phenoxy) is 1. The zero-order valence-electron chi connectivity index (χ0n) is 9.80. The maximum atomic E-state index is 11.9. The van der Waals surface area contributed by atoms with E-state index in [1.807, 2.05) is 20.8 Å². The molecule has 88 valence electrons. The van der Waals surface area contributed by atoms with Gasteiger partial charge in [-0.3, -0.25) is 4.79 Å².